The van der Waals surface area contributed by atoms with Crippen molar-refractivity contribution in [2.75, 3.05) is 5.32 Å². The Balaban J connectivity index is 1.67. The van der Waals surface area contributed by atoms with Gasteiger partial charge in [0.15, 0.2) is 5.78 Å². The number of rotatable bonds is 6. The lowest BCUT2D eigenvalue weighted by atomic mass is 10.1. The summed E-state index contributed by atoms with van der Waals surface area (Å²) in [5.41, 5.74) is 4.21. The van der Waals surface area contributed by atoms with Gasteiger partial charge in [0.05, 0.1) is 5.25 Å². The molecule has 1 N–H and O–H groups in total. The van der Waals surface area contributed by atoms with E-state index in [4.69, 9.17) is 4.42 Å². The third-order valence-corrected chi connectivity index (χ3v) is 4.99. The molecule has 0 saturated heterocycles. The molecule has 0 fully saturated rings. The first-order valence-electron chi connectivity index (χ1n) is 8.82. The number of anilines is 1. The molecule has 1 aromatic heterocycles. The van der Waals surface area contributed by atoms with E-state index in [1.165, 1.54) is 18.7 Å². The predicted octanol–water partition coefficient (Wildman–Crippen LogP) is 4.68. The number of aromatic nitrogens is 2. The van der Waals surface area contributed by atoms with Crippen LogP contribution in [0, 0.1) is 13.8 Å². The van der Waals surface area contributed by atoms with E-state index >= 15 is 0 Å². The Morgan fingerprint density at radius 2 is 1.79 bits per heavy atom. The number of nitrogens with zero attached hydrogens (tertiary/aromatic N) is 2. The van der Waals surface area contributed by atoms with Gasteiger partial charge >= 0.3 is 0 Å². The third-order valence-electron chi connectivity index (χ3n) is 4.06. The lowest BCUT2D eigenvalue weighted by molar-refractivity contribution is -0.115. The van der Waals surface area contributed by atoms with E-state index in [1.54, 1.807) is 31.2 Å². The molecule has 0 aliphatic heterocycles. The van der Waals surface area contributed by atoms with Gasteiger partial charge in [0.25, 0.3) is 5.22 Å². The molecule has 1 amide bonds. The first kappa shape index (κ1) is 19.8. The monoisotopic (exact) mass is 395 g/mol. The van der Waals surface area contributed by atoms with E-state index in [9.17, 15) is 9.59 Å². The van der Waals surface area contributed by atoms with Gasteiger partial charge in [-0.15, -0.1) is 10.2 Å². The van der Waals surface area contributed by atoms with Crippen molar-refractivity contribution in [3.8, 4) is 11.5 Å². The second-order valence-corrected chi connectivity index (χ2v) is 7.93. The van der Waals surface area contributed by atoms with E-state index < -0.39 is 5.25 Å². The maximum atomic E-state index is 12.5. The number of Topliss-reactive ketones (excluding diaryl/α,β-unsaturated/α-hetero) is 1. The van der Waals surface area contributed by atoms with Gasteiger partial charge in [-0.05, 0) is 52.0 Å². The van der Waals surface area contributed by atoms with Crippen LogP contribution in [0.2, 0.25) is 0 Å². The Labute approximate surface area is 167 Å². The number of nitrogens with one attached hydrogen (secondary N) is 1. The molecule has 0 spiro atoms. The molecule has 144 valence electrons. The van der Waals surface area contributed by atoms with E-state index in [2.05, 4.69) is 21.6 Å². The molecular weight excluding hydrogens is 374 g/mol. The quantitative estimate of drug-likeness (QED) is 0.482. The highest BCUT2D eigenvalue weighted by Gasteiger charge is 2.19. The smallest absolute Gasteiger partial charge is 0.277 e. The summed E-state index contributed by atoms with van der Waals surface area (Å²) in [4.78, 5) is 23.9. The summed E-state index contributed by atoms with van der Waals surface area (Å²) < 4.78 is 5.72. The van der Waals surface area contributed by atoms with E-state index in [-0.39, 0.29) is 11.7 Å². The maximum absolute atomic E-state index is 12.5. The van der Waals surface area contributed by atoms with Gasteiger partial charge in [0.1, 0.15) is 0 Å². The standard InChI is InChI=1S/C21H21N3O3S/c1-12-8-13(2)10-17(9-12)20-23-24-21(27-20)28-15(4)19(26)22-18-7-5-6-16(11-18)14(3)25/h5-11,15H,1-4H3,(H,22,26)/t15-/m0/s1. The highest BCUT2D eigenvalue weighted by molar-refractivity contribution is 8.00. The van der Waals surface area contributed by atoms with Crippen LogP contribution in [0.1, 0.15) is 35.3 Å². The number of benzene rings is 2. The van der Waals surface area contributed by atoms with Crippen molar-refractivity contribution in [2.24, 2.45) is 0 Å². The van der Waals surface area contributed by atoms with Crippen molar-refractivity contribution in [2.45, 2.75) is 38.2 Å². The van der Waals surface area contributed by atoms with Crippen LogP contribution in [-0.2, 0) is 4.79 Å². The molecule has 0 aliphatic rings. The van der Waals surface area contributed by atoms with Crippen molar-refractivity contribution >= 4 is 29.1 Å². The van der Waals surface area contributed by atoms with Crippen molar-refractivity contribution < 1.29 is 14.0 Å². The Hall–Kier alpha value is -2.93. The maximum Gasteiger partial charge on any atom is 0.277 e. The van der Waals surface area contributed by atoms with Crippen molar-refractivity contribution in [3.05, 3.63) is 59.2 Å². The molecule has 0 radical (unpaired) electrons. The molecule has 1 heterocycles. The molecule has 6 nitrogen and oxygen atoms in total. The Morgan fingerprint density at radius 3 is 2.46 bits per heavy atom. The minimum Gasteiger partial charge on any atom is -0.411 e. The highest BCUT2D eigenvalue weighted by Crippen LogP contribution is 2.27. The normalized spacial score (nSPS) is 11.9. The van der Waals surface area contributed by atoms with Crippen LogP contribution in [-0.4, -0.2) is 27.1 Å². The predicted molar refractivity (Wildman–Crippen MR) is 110 cm³/mol. The lowest BCUT2D eigenvalue weighted by Crippen LogP contribution is -2.22. The first-order chi connectivity index (χ1) is 13.3. The van der Waals surface area contributed by atoms with Gasteiger partial charge in [-0.3, -0.25) is 9.59 Å². The summed E-state index contributed by atoms with van der Waals surface area (Å²) in [5.74, 6) is 0.163. The third kappa shape index (κ3) is 4.86. The second kappa shape index (κ2) is 8.39. The van der Waals surface area contributed by atoms with Crippen LogP contribution in [0.4, 0.5) is 5.69 Å². The van der Waals surface area contributed by atoms with E-state index in [1.807, 2.05) is 26.0 Å². The van der Waals surface area contributed by atoms with Crippen LogP contribution in [0.15, 0.2) is 52.1 Å². The fourth-order valence-corrected chi connectivity index (χ4v) is 3.42. The number of aryl methyl sites for hydroxylation is 2. The minimum absolute atomic E-state index is 0.0525. The summed E-state index contributed by atoms with van der Waals surface area (Å²) in [6.07, 6.45) is 0. The molecule has 1 atom stereocenters. The van der Waals surface area contributed by atoms with Crippen LogP contribution in [0.3, 0.4) is 0 Å². The fraction of sp³-hybridized carbons (Fsp3) is 0.238. The van der Waals surface area contributed by atoms with Crippen molar-refractivity contribution in [1.29, 1.82) is 0 Å². The molecule has 28 heavy (non-hydrogen) atoms. The summed E-state index contributed by atoms with van der Waals surface area (Å²) in [7, 11) is 0. The first-order valence-corrected chi connectivity index (χ1v) is 9.70. The van der Waals surface area contributed by atoms with Gasteiger partial charge in [0, 0.05) is 16.8 Å². The minimum atomic E-state index is -0.450. The van der Waals surface area contributed by atoms with Gasteiger partial charge in [-0.2, -0.15) is 0 Å². The van der Waals surface area contributed by atoms with E-state index in [0.29, 0.717) is 22.4 Å². The van der Waals surface area contributed by atoms with Crippen LogP contribution in [0.25, 0.3) is 11.5 Å². The van der Waals surface area contributed by atoms with E-state index in [0.717, 1.165) is 16.7 Å². The molecule has 0 saturated carbocycles. The lowest BCUT2D eigenvalue weighted by Gasteiger charge is -2.10. The van der Waals surface area contributed by atoms with Crippen molar-refractivity contribution in [3.63, 3.8) is 0 Å². The SMILES string of the molecule is CC(=O)c1cccc(NC(=O)[C@H](C)Sc2nnc(-c3cc(C)cc(C)c3)o2)c1. The Bertz CT molecular complexity index is 1010. The van der Waals surface area contributed by atoms with Crippen molar-refractivity contribution in [1.82, 2.24) is 10.2 Å². The second-order valence-electron chi connectivity index (χ2n) is 6.64. The summed E-state index contributed by atoms with van der Waals surface area (Å²) in [6, 6.07) is 12.9. The molecule has 0 aliphatic carbocycles. The number of hydrogen-bond donors (Lipinski definition) is 1. The average Bonchev–Trinajstić information content (AvgIpc) is 3.09. The Morgan fingerprint density at radius 1 is 1.07 bits per heavy atom. The van der Waals surface area contributed by atoms with Gasteiger partial charge in [-0.1, -0.05) is 41.1 Å². The van der Waals surface area contributed by atoms with Crippen LogP contribution in [0.5, 0.6) is 0 Å². The molecule has 7 heteroatoms. The zero-order valence-corrected chi connectivity index (χ0v) is 17.0. The summed E-state index contributed by atoms with van der Waals surface area (Å²) >= 11 is 1.19. The summed E-state index contributed by atoms with van der Waals surface area (Å²) in [5, 5.41) is 10.8. The number of carbonyl (C=O) groups excluding carboxylic acids is 2. The van der Waals surface area contributed by atoms with Gasteiger partial charge in [0.2, 0.25) is 11.8 Å². The largest absolute Gasteiger partial charge is 0.411 e. The molecule has 0 unspecified atom stereocenters. The van der Waals surface area contributed by atoms with Crippen LogP contribution < -0.4 is 5.32 Å². The topological polar surface area (TPSA) is 85.1 Å². The Kier molecular flexibility index (Phi) is 5.94. The average molecular weight is 395 g/mol. The summed E-state index contributed by atoms with van der Waals surface area (Å²) in [6.45, 7) is 7.27. The molecule has 3 aromatic rings. The van der Waals surface area contributed by atoms with Crippen LogP contribution >= 0.6 is 11.8 Å². The zero-order chi connectivity index (χ0) is 20.3. The fourth-order valence-electron chi connectivity index (χ4n) is 2.74. The zero-order valence-electron chi connectivity index (χ0n) is 16.1. The molecule has 3 rings (SSSR count). The number of ketones is 1. The molecular formula is C21H21N3O3S. The number of hydrogen-bond acceptors (Lipinski definition) is 6. The number of thioether (sulfide) groups is 1. The molecule has 2 aromatic carbocycles. The number of amides is 1. The highest BCUT2D eigenvalue weighted by atomic mass is 32.2. The number of carbonyl (C=O) groups is 2. The van der Waals surface area contributed by atoms with Gasteiger partial charge < -0.3 is 9.73 Å². The molecule has 0 bridgehead atoms. The van der Waals surface area contributed by atoms with Gasteiger partial charge in [-0.25, -0.2) is 0 Å².